The highest BCUT2D eigenvalue weighted by Crippen LogP contribution is 2.24. The van der Waals surface area contributed by atoms with Crippen molar-refractivity contribution in [2.75, 3.05) is 13.2 Å². The van der Waals surface area contributed by atoms with E-state index in [4.69, 9.17) is 4.74 Å². The normalized spacial score (nSPS) is 16.3. The molecule has 2 rings (SSSR count). The molecular weight excluding hydrogens is 276 g/mol. The van der Waals surface area contributed by atoms with Gasteiger partial charge in [0.1, 0.15) is 6.10 Å². The molecule has 0 bridgehead atoms. The first kappa shape index (κ1) is 15.1. The van der Waals surface area contributed by atoms with Crippen LogP contribution in [0.25, 0.3) is 0 Å². The van der Waals surface area contributed by atoms with Crippen LogP contribution in [0.4, 0.5) is 5.69 Å². The summed E-state index contributed by atoms with van der Waals surface area (Å²) in [6, 6.07) is 5.94. The molecule has 1 heterocycles. The highest BCUT2D eigenvalue weighted by atomic mass is 16.6. The summed E-state index contributed by atoms with van der Waals surface area (Å²) < 4.78 is 5.57. The predicted octanol–water partition coefficient (Wildman–Crippen LogP) is 1.82. The molecule has 1 atom stereocenters. The van der Waals surface area contributed by atoms with Crippen molar-refractivity contribution in [2.45, 2.75) is 25.9 Å². The smallest absolute Gasteiger partial charge is 0.269 e. The fraction of sp³-hybridized carbons (Fsp3) is 0.429. The molecule has 1 aliphatic heterocycles. The first-order valence-corrected chi connectivity index (χ1v) is 6.72. The Morgan fingerprint density at radius 1 is 1.24 bits per heavy atom. The van der Waals surface area contributed by atoms with E-state index < -0.39 is 11.0 Å². The number of nitrogens with zero attached hydrogens (tertiary/aromatic N) is 2. The number of rotatable bonds is 6. The summed E-state index contributed by atoms with van der Waals surface area (Å²) in [6.45, 7) is 2.37. The van der Waals surface area contributed by atoms with Gasteiger partial charge in [0, 0.05) is 31.6 Å². The van der Waals surface area contributed by atoms with Gasteiger partial charge in [0.25, 0.3) is 5.69 Å². The summed E-state index contributed by atoms with van der Waals surface area (Å²) in [6.07, 6.45) is -0.00242. The van der Waals surface area contributed by atoms with Crippen LogP contribution in [0.15, 0.2) is 24.3 Å². The van der Waals surface area contributed by atoms with Crippen molar-refractivity contribution in [3.8, 4) is 0 Å². The van der Waals surface area contributed by atoms with Crippen molar-refractivity contribution in [1.29, 1.82) is 0 Å². The number of amides is 2. The molecule has 7 nitrogen and oxygen atoms in total. The van der Waals surface area contributed by atoms with Crippen LogP contribution in [0.1, 0.15) is 31.4 Å². The molecule has 0 spiro atoms. The van der Waals surface area contributed by atoms with E-state index in [-0.39, 0.29) is 36.9 Å². The van der Waals surface area contributed by atoms with Gasteiger partial charge in [-0.25, -0.2) is 0 Å². The molecule has 2 amide bonds. The second-order valence-corrected chi connectivity index (χ2v) is 4.69. The number of carbonyl (C=O) groups excluding carboxylic acids is 2. The lowest BCUT2D eigenvalue weighted by Crippen LogP contribution is -2.34. The number of ether oxygens (including phenoxy) is 1. The number of hydrogen-bond donors (Lipinski definition) is 0. The van der Waals surface area contributed by atoms with Gasteiger partial charge in [-0.15, -0.1) is 0 Å². The van der Waals surface area contributed by atoms with E-state index in [1.54, 1.807) is 12.1 Å². The summed E-state index contributed by atoms with van der Waals surface area (Å²) in [5, 5.41) is 10.6. The second-order valence-electron chi connectivity index (χ2n) is 4.69. The molecule has 1 aromatic carbocycles. The maximum Gasteiger partial charge on any atom is 0.269 e. The molecule has 21 heavy (non-hydrogen) atoms. The van der Waals surface area contributed by atoms with Crippen molar-refractivity contribution in [1.82, 2.24) is 4.90 Å². The minimum atomic E-state index is -0.479. The zero-order valence-electron chi connectivity index (χ0n) is 11.7. The maximum atomic E-state index is 11.7. The Bertz CT molecular complexity index is 539. The number of hydrogen-bond acceptors (Lipinski definition) is 5. The van der Waals surface area contributed by atoms with E-state index >= 15 is 0 Å². The number of benzene rings is 1. The Morgan fingerprint density at radius 2 is 1.81 bits per heavy atom. The molecule has 0 aromatic heterocycles. The van der Waals surface area contributed by atoms with E-state index in [2.05, 4.69) is 0 Å². The first-order valence-electron chi connectivity index (χ1n) is 6.72. The third-order valence-corrected chi connectivity index (χ3v) is 3.35. The number of nitro benzene ring substituents is 1. The Balaban J connectivity index is 2.16. The molecule has 0 saturated carbocycles. The van der Waals surface area contributed by atoms with Gasteiger partial charge in [0.05, 0.1) is 11.5 Å². The zero-order valence-corrected chi connectivity index (χ0v) is 11.7. The molecule has 1 aliphatic rings. The van der Waals surface area contributed by atoms with Gasteiger partial charge in [-0.05, 0) is 24.6 Å². The van der Waals surface area contributed by atoms with Gasteiger partial charge in [-0.2, -0.15) is 0 Å². The van der Waals surface area contributed by atoms with Crippen molar-refractivity contribution >= 4 is 17.5 Å². The topological polar surface area (TPSA) is 89.8 Å². The van der Waals surface area contributed by atoms with Crippen LogP contribution < -0.4 is 0 Å². The lowest BCUT2D eigenvalue weighted by molar-refractivity contribution is -0.384. The zero-order chi connectivity index (χ0) is 15.4. The van der Waals surface area contributed by atoms with Crippen molar-refractivity contribution in [2.24, 2.45) is 0 Å². The van der Waals surface area contributed by atoms with Crippen LogP contribution in [0.2, 0.25) is 0 Å². The van der Waals surface area contributed by atoms with Crippen LogP contribution in [0.5, 0.6) is 0 Å². The van der Waals surface area contributed by atoms with Crippen molar-refractivity contribution in [3.63, 3.8) is 0 Å². The minimum Gasteiger partial charge on any atom is -0.372 e. The van der Waals surface area contributed by atoms with Gasteiger partial charge >= 0.3 is 0 Å². The summed E-state index contributed by atoms with van der Waals surface area (Å²) >= 11 is 0. The lowest BCUT2D eigenvalue weighted by Gasteiger charge is -2.22. The Kier molecular flexibility index (Phi) is 4.64. The van der Waals surface area contributed by atoms with Crippen molar-refractivity contribution < 1.29 is 19.2 Å². The molecule has 1 saturated heterocycles. The summed E-state index contributed by atoms with van der Waals surface area (Å²) in [5.41, 5.74) is 0.692. The molecule has 7 heteroatoms. The average Bonchev–Trinajstić information content (AvgIpc) is 2.78. The van der Waals surface area contributed by atoms with Crippen LogP contribution in [-0.4, -0.2) is 34.8 Å². The van der Waals surface area contributed by atoms with Gasteiger partial charge in [-0.3, -0.25) is 24.6 Å². The van der Waals surface area contributed by atoms with Gasteiger partial charge in [0.15, 0.2) is 0 Å². The number of nitro groups is 1. The van der Waals surface area contributed by atoms with Crippen molar-refractivity contribution in [3.05, 3.63) is 39.9 Å². The van der Waals surface area contributed by atoms with E-state index in [9.17, 15) is 19.7 Å². The molecule has 1 unspecified atom stereocenters. The molecule has 0 aliphatic carbocycles. The van der Waals surface area contributed by atoms with E-state index in [1.807, 2.05) is 6.92 Å². The van der Waals surface area contributed by atoms with Crippen LogP contribution in [-0.2, 0) is 14.3 Å². The minimum absolute atomic E-state index is 0.0117. The molecular formula is C14H16N2O5. The molecule has 0 N–H and O–H groups in total. The fourth-order valence-electron chi connectivity index (χ4n) is 2.26. The molecule has 112 valence electrons. The monoisotopic (exact) mass is 292 g/mol. The van der Waals surface area contributed by atoms with Crippen LogP contribution >= 0.6 is 0 Å². The first-order chi connectivity index (χ1) is 10.0. The lowest BCUT2D eigenvalue weighted by atomic mass is 10.1. The van der Waals surface area contributed by atoms with Crippen LogP contribution in [0.3, 0.4) is 0 Å². The molecule has 1 aromatic rings. The van der Waals surface area contributed by atoms with E-state index in [0.29, 0.717) is 12.2 Å². The number of likely N-dealkylation sites (tertiary alicyclic amines) is 1. The molecule has 0 radical (unpaired) electrons. The van der Waals surface area contributed by atoms with Gasteiger partial charge in [-0.1, -0.05) is 0 Å². The Morgan fingerprint density at radius 3 is 2.29 bits per heavy atom. The van der Waals surface area contributed by atoms with E-state index in [1.165, 1.54) is 17.0 Å². The fourth-order valence-corrected chi connectivity index (χ4v) is 2.26. The summed E-state index contributed by atoms with van der Waals surface area (Å²) in [5.74, 6) is -0.404. The average molecular weight is 292 g/mol. The number of imide groups is 1. The maximum absolute atomic E-state index is 11.7. The van der Waals surface area contributed by atoms with Gasteiger partial charge in [0.2, 0.25) is 11.8 Å². The highest BCUT2D eigenvalue weighted by molar-refractivity contribution is 6.01. The highest BCUT2D eigenvalue weighted by Gasteiger charge is 2.31. The standard InChI is InChI=1S/C14H16N2O5/c1-2-21-12(9-15-13(17)7-8-14(15)18)10-3-5-11(6-4-10)16(19)20/h3-6,12H,2,7-9H2,1H3. The Labute approximate surface area is 121 Å². The molecule has 1 fully saturated rings. The third-order valence-electron chi connectivity index (χ3n) is 3.35. The largest absolute Gasteiger partial charge is 0.372 e. The van der Waals surface area contributed by atoms with Gasteiger partial charge < -0.3 is 4.74 Å². The second kappa shape index (κ2) is 6.45. The number of non-ortho nitro benzene ring substituents is 1. The summed E-state index contributed by atoms with van der Waals surface area (Å²) in [4.78, 5) is 34.7. The van der Waals surface area contributed by atoms with Crippen LogP contribution in [0, 0.1) is 10.1 Å². The third kappa shape index (κ3) is 3.43. The Hall–Kier alpha value is -2.28. The SMILES string of the molecule is CCOC(CN1C(=O)CCC1=O)c1ccc([N+](=O)[O-])cc1. The number of carbonyl (C=O) groups is 2. The quantitative estimate of drug-likeness (QED) is 0.453. The summed E-state index contributed by atoms with van der Waals surface area (Å²) in [7, 11) is 0. The van der Waals surface area contributed by atoms with E-state index in [0.717, 1.165) is 0 Å². The predicted molar refractivity (Wildman–Crippen MR) is 73.4 cm³/mol.